The molecule has 3 aliphatic heterocycles. The summed E-state index contributed by atoms with van der Waals surface area (Å²) >= 11 is 0. The standard InChI is InChI=1S/C14H12O11.C6H4O5.C4H6O4.CH4/c15-11(19-3-7-5-21-13(17)23-7)9-1-2-10(25-9)12(16)20-4-8-6-22-14(18)24-8;7-5(8)3-1-2-4(11-3)6(9)10;5-1-3-2-7-4(6)8-3;/h1-2,7-8H,3-6H2;1-2H,(H,7,8)(H,9,10);3,5H,1-2H2;1H4. The number of carbonyl (C=O) groups is 7. The summed E-state index contributed by atoms with van der Waals surface area (Å²) in [7, 11) is 0. The van der Waals surface area contributed by atoms with Crippen molar-refractivity contribution < 1.29 is 95.6 Å². The van der Waals surface area contributed by atoms with Crippen LogP contribution < -0.4 is 0 Å². The van der Waals surface area contributed by atoms with Gasteiger partial charge in [-0.05, 0) is 24.3 Å². The zero-order chi connectivity index (χ0) is 32.2. The zero-order valence-electron chi connectivity index (χ0n) is 22.1. The molecular weight excluding hydrogens is 620 g/mol. The fourth-order valence-electron chi connectivity index (χ4n) is 2.95. The molecule has 0 radical (unpaired) electrons. The van der Waals surface area contributed by atoms with Crippen molar-refractivity contribution in [1.29, 1.82) is 0 Å². The van der Waals surface area contributed by atoms with Crippen LogP contribution in [0.4, 0.5) is 14.4 Å². The Balaban J connectivity index is 0.000000290. The SMILES string of the molecule is C.O=C(O)c1ccc(C(=O)O)o1.O=C1OCC(CO)O1.O=C1OCC(COC(=O)c2ccc(C(=O)OCC3COC(=O)O3)o2)O1. The summed E-state index contributed by atoms with van der Waals surface area (Å²) in [5.41, 5.74) is 0. The van der Waals surface area contributed by atoms with E-state index in [0.717, 1.165) is 12.1 Å². The third-order valence-electron chi connectivity index (χ3n) is 4.99. The van der Waals surface area contributed by atoms with Gasteiger partial charge in [0.2, 0.25) is 23.0 Å². The Bertz CT molecular complexity index is 1290. The van der Waals surface area contributed by atoms with Gasteiger partial charge in [0.05, 0.1) is 6.61 Å². The van der Waals surface area contributed by atoms with Crippen molar-refractivity contribution in [3.63, 3.8) is 0 Å². The van der Waals surface area contributed by atoms with Gasteiger partial charge in [0.1, 0.15) is 33.0 Å². The quantitative estimate of drug-likeness (QED) is 0.257. The first kappa shape index (κ1) is 35.4. The molecule has 0 aromatic carbocycles. The molecule has 2 aromatic heterocycles. The Morgan fingerprint density at radius 3 is 1.22 bits per heavy atom. The highest BCUT2D eigenvalue weighted by Gasteiger charge is 2.29. The van der Waals surface area contributed by atoms with Crippen molar-refractivity contribution in [1.82, 2.24) is 0 Å². The molecule has 246 valence electrons. The fraction of sp³-hybridized carbons (Fsp3) is 0.400. The molecule has 0 saturated carbocycles. The maximum absolute atomic E-state index is 11.8. The highest BCUT2D eigenvalue weighted by Crippen LogP contribution is 2.14. The first-order chi connectivity index (χ1) is 20.9. The van der Waals surface area contributed by atoms with E-state index in [4.69, 9.17) is 38.7 Å². The minimum atomic E-state index is -1.28. The molecule has 3 atom stereocenters. The predicted octanol–water partition coefficient (Wildman–Crippen LogP) is 1.49. The summed E-state index contributed by atoms with van der Waals surface area (Å²) in [6, 6.07) is 4.64. The van der Waals surface area contributed by atoms with Crippen molar-refractivity contribution in [3.05, 3.63) is 47.3 Å². The molecule has 0 aliphatic carbocycles. The van der Waals surface area contributed by atoms with Crippen LogP contribution in [0, 0.1) is 0 Å². The van der Waals surface area contributed by atoms with Gasteiger partial charge in [0, 0.05) is 0 Å². The Morgan fingerprint density at radius 1 is 0.622 bits per heavy atom. The Morgan fingerprint density at radius 2 is 0.956 bits per heavy atom. The smallest absolute Gasteiger partial charge is 0.475 e. The van der Waals surface area contributed by atoms with Gasteiger partial charge in [0.15, 0.2) is 18.3 Å². The second kappa shape index (κ2) is 16.7. The molecule has 5 heterocycles. The highest BCUT2D eigenvalue weighted by atomic mass is 16.8. The van der Waals surface area contributed by atoms with Crippen LogP contribution in [-0.2, 0) is 37.9 Å². The largest absolute Gasteiger partial charge is 0.508 e. The molecule has 3 aliphatic rings. The van der Waals surface area contributed by atoms with Crippen LogP contribution in [0.15, 0.2) is 33.1 Å². The molecule has 0 bridgehead atoms. The molecule has 2 aromatic rings. The van der Waals surface area contributed by atoms with Gasteiger partial charge in [0.25, 0.3) is 0 Å². The molecule has 3 saturated heterocycles. The van der Waals surface area contributed by atoms with Gasteiger partial charge in [-0.25, -0.2) is 33.6 Å². The van der Waals surface area contributed by atoms with E-state index in [2.05, 4.69) is 23.4 Å². The average Bonchev–Trinajstić information content (AvgIpc) is 3.82. The van der Waals surface area contributed by atoms with Crippen molar-refractivity contribution >= 4 is 42.3 Å². The van der Waals surface area contributed by atoms with Crippen molar-refractivity contribution in [2.75, 3.05) is 39.6 Å². The van der Waals surface area contributed by atoms with Crippen LogP contribution in [-0.4, -0.2) is 116 Å². The third-order valence-corrected chi connectivity index (χ3v) is 4.99. The average molecular weight is 646 g/mol. The van der Waals surface area contributed by atoms with Gasteiger partial charge in [-0.2, -0.15) is 0 Å². The first-order valence-electron chi connectivity index (χ1n) is 12.1. The lowest BCUT2D eigenvalue weighted by Gasteiger charge is -2.07. The Labute approximate surface area is 251 Å². The summed E-state index contributed by atoms with van der Waals surface area (Å²) < 4.78 is 46.4. The molecule has 45 heavy (non-hydrogen) atoms. The normalized spacial score (nSPS) is 19.2. The summed E-state index contributed by atoms with van der Waals surface area (Å²) in [6.07, 6.45) is -4.17. The van der Waals surface area contributed by atoms with E-state index in [0.29, 0.717) is 0 Å². The van der Waals surface area contributed by atoms with E-state index in [1.54, 1.807) is 0 Å². The van der Waals surface area contributed by atoms with E-state index in [1.165, 1.54) is 12.1 Å². The number of esters is 2. The molecule has 0 amide bonds. The van der Waals surface area contributed by atoms with Crippen LogP contribution in [0.2, 0.25) is 0 Å². The fourth-order valence-corrected chi connectivity index (χ4v) is 2.95. The number of furan rings is 2. The van der Waals surface area contributed by atoms with E-state index < -0.39 is 60.7 Å². The number of rotatable bonds is 9. The third kappa shape index (κ3) is 11.1. The van der Waals surface area contributed by atoms with Gasteiger partial charge < -0.3 is 62.0 Å². The van der Waals surface area contributed by atoms with Crippen molar-refractivity contribution in [2.45, 2.75) is 25.7 Å². The van der Waals surface area contributed by atoms with E-state index in [-0.39, 0.29) is 70.1 Å². The molecular formula is C25H26O20. The van der Waals surface area contributed by atoms with E-state index in [9.17, 15) is 33.6 Å². The number of hydrogen-bond acceptors (Lipinski definition) is 18. The number of ether oxygens (including phenoxy) is 8. The van der Waals surface area contributed by atoms with Gasteiger partial charge in [-0.1, -0.05) is 7.43 Å². The number of carboxylic acid groups (broad SMARTS) is 2. The molecule has 3 N–H and O–H groups in total. The lowest BCUT2D eigenvalue weighted by molar-refractivity contribution is 0.0235. The number of carboxylic acids is 2. The van der Waals surface area contributed by atoms with Crippen molar-refractivity contribution in [3.8, 4) is 0 Å². The summed E-state index contributed by atoms with van der Waals surface area (Å²) in [4.78, 5) is 75.4. The highest BCUT2D eigenvalue weighted by molar-refractivity contribution is 5.91. The second-order valence-electron chi connectivity index (χ2n) is 8.22. The van der Waals surface area contributed by atoms with Crippen LogP contribution in [0.3, 0.4) is 0 Å². The first-order valence-corrected chi connectivity index (χ1v) is 12.1. The molecule has 3 fully saturated rings. The molecule has 3 unspecified atom stereocenters. The Hall–Kier alpha value is -5.79. The molecule has 0 spiro atoms. The van der Waals surface area contributed by atoms with Crippen LogP contribution in [0.1, 0.15) is 49.6 Å². The van der Waals surface area contributed by atoms with Crippen LogP contribution in [0.5, 0.6) is 0 Å². The number of aromatic carboxylic acids is 2. The van der Waals surface area contributed by atoms with Crippen LogP contribution >= 0.6 is 0 Å². The Kier molecular flexibility index (Phi) is 13.2. The van der Waals surface area contributed by atoms with Crippen LogP contribution in [0.25, 0.3) is 0 Å². The minimum absolute atomic E-state index is 0. The lowest BCUT2D eigenvalue weighted by atomic mass is 10.4. The summed E-state index contributed by atoms with van der Waals surface area (Å²) in [5.74, 6) is -5.46. The van der Waals surface area contributed by atoms with Gasteiger partial charge >= 0.3 is 42.3 Å². The predicted molar refractivity (Wildman–Crippen MR) is 134 cm³/mol. The van der Waals surface area contributed by atoms with E-state index >= 15 is 0 Å². The number of hydrogen-bond donors (Lipinski definition) is 3. The summed E-state index contributed by atoms with van der Waals surface area (Å²) in [5, 5.41) is 24.9. The topological polar surface area (TPSA) is 280 Å². The maximum atomic E-state index is 11.8. The number of cyclic esters (lactones) is 6. The van der Waals surface area contributed by atoms with Gasteiger partial charge in [-0.15, -0.1) is 0 Å². The van der Waals surface area contributed by atoms with Crippen molar-refractivity contribution in [2.24, 2.45) is 0 Å². The van der Waals surface area contributed by atoms with Gasteiger partial charge in [-0.3, -0.25) is 0 Å². The number of carbonyl (C=O) groups excluding carboxylic acids is 5. The molecule has 5 rings (SSSR count). The number of aliphatic hydroxyl groups excluding tert-OH is 1. The second-order valence-corrected chi connectivity index (χ2v) is 8.22. The zero-order valence-corrected chi connectivity index (χ0v) is 22.1. The molecule has 20 nitrogen and oxygen atoms in total. The maximum Gasteiger partial charge on any atom is 0.508 e. The summed E-state index contributed by atoms with van der Waals surface area (Å²) in [6.45, 7) is -0.439. The minimum Gasteiger partial charge on any atom is -0.475 e. The van der Waals surface area contributed by atoms with E-state index in [1.807, 2.05) is 0 Å². The number of aliphatic hydroxyl groups is 1. The molecule has 20 heteroatoms. The monoisotopic (exact) mass is 646 g/mol. The lowest BCUT2D eigenvalue weighted by Crippen LogP contribution is -2.21.